The number of rotatable bonds is 4. The number of pyridine rings is 1. The minimum absolute atomic E-state index is 0.152. The van der Waals surface area contributed by atoms with E-state index in [2.05, 4.69) is 34.1 Å². The van der Waals surface area contributed by atoms with Gasteiger partial charge in [0.1, 0.15) is 16.2 Å². The zero-order chi connectivity index (χ0) is 16.4. The number of hydrogen-bond acceptors (Lipinski definition) is 6. The van der Waals surface area contributed by atoms with Crippen molar-refractivity contribution in [2.75, 3.05) is 11.1 Å². The van der Waals surface area contributed by atoms with E-state index in [-0.39, 0.29) is 16.8 Å². The molecule has 0 aliphatic carbocycles. The van der Waals surface area contributed by atoms with Gasteiger partial charge in [0.25, 0.3) is 0 Å². The monoisotopic (exact) mass is 364 g/mol. The van der Waals surface area contributed by atoms with Gasteiger partial charge in [-0.05, 0) is 31.5 Å². The van der Waals surface area contributed by atoms with Gasteiger partial charge < -0.3 is 5.32 Å². The molecule has 0 aliphatic heterocycles. The minimum Gasteiger partial charge on any atom is -0.323 e. The number of aromatic nitrogens is 3. The molecular weight excluding hydrogens is 352 g/mol. The highest BCUT2D eigenvalue weighted by molar-refractivity contribution is 8.00. The molecule has 0 bridgehead atoms. The Kier molecular flexibility index (Phi) is 4.79. The average molecular weight is 365 g/mol. The number of hydrogen-bond donors (Lipinski definition) is 1. The van der Waals surface area contributed by atoms with Gasteiger partial charge in [-0.15, -0.1) is 11.3 Å². The van der Waals surface area contributed by atoms with Crippen LogP contribution in [0.1, 0.15) is 10.4 Å². The van der Waals surface area contributed by atoms with Gasteiger partial charge in [-0.25, -0.2) is 15.0 Å². The first kappa shape index (κ1) is 16.2. The Balaban J connectivity index is 1.74. The third kappa shape index (κ3) is 3.46. The predicted molar refractivity (Wildman–Crippen MR) is 95.5 cm³/mol. The van der Waals surface area contributed by atoms with Crippen LogP contribution in [0.5, 0.6) is 0 Å². The second kappa shape index (κ2) is 6.82. The van der Waals surface area contributed by atoms with E-state index in [1.807, 2.05) is 0 Å². The molecule has 1 amide bonds. The second-order valence-corrected chi connectivity index (χ2v) is 7.35. The first-order valence-electron chi connectivity index (χ1n) is 6.80. The van der Waals surface area contributed by atoms with Crippen molar-refractivity contribution in [3.05, 3.63) is 40.3 Å². The Morgan fingerprint density at radius 1 is 1.35 bits per heavy atom. The van der Waals surface area contributed by atoms with Crippen molar-refractivity contribution < 1.29 is 4.79 Å². The molecule has 23 heavy (non-hydrogen) atoms. The topological polar surface area (TPSA) is 67.8 Å². The second-order valence-electron chi connectivity index (χ2n) is 4.82. The summed E-state index contributed by atoms with van der Waals surface area (Å²) in [5.74, 6) is 0.0901. The third-order valence-electron chi connectivity index (χ3n) is 3.30. The quantitative estimate of drug-likeness (QED) is 0.429. The normalized spacial score (nSPS) is 10.9. The van der Waals surface area contributed by atoms with Gasteiger partial charge in [0.15, 0.2) is 5.15 Å². The van der Waals surface area contributed by atoms with Crippen molar-refractivity contribution in [1.82, 2.24) is 15.0 Å². The summed E-state index contributed by atoms with van der Waals surface area (Å²) in [5, 5.41) is 4.89. The Hall–Kier alpha value is -1.70. The first-order valence-corrected chi connectivity index (χ1v) is 8.98. The maximum absolute atomic E-state index is 12.1. The van der Waals surface area contributed by atoms with Crippen molar-refractivity contribution in [2.24, 2.45) is 0 Å². The molecule has 0 spiro atoms. The van der Waals surface area contributed by atoms with Crippen molar-refractivity contribution >= 4 is 56.5 Å². The molecule has 0 aromatic carbocycles. The molecule has 5 nitrogen and oxygen atoms in total. The van der Waals surface area contributed by atoms with Crippen LogP contribution in [0.15, 0.2) is 29.7 Å². The van der Waals surface area contributed by atoms with Crippen LogP contribution in [-0.4, -0.2) is 26.6 Å². The fourth-order valence-corrected chi connectivity index (χ4v) is 4.14. The maximum atomic E-state index is 12.1. The molecule has 0 radical (unpaired) electrons. The van der Waals surface area contributed by atoms with Crippen LogP contribution in [0.4, 0.5) is 5.69 Å². The Morgan fingerprint density at radius 2 is 2.17 bits per heavy atom. The smallest absolute Gasteiger partial charge is 0.234 e. The van der Waals surface area contributed by atoms with E-state index in [1.165, 1.54) is 28.5 Å². The van der Waals surface area contributed by atoms with Crippen molar-refractivity contribution in [3.63, 3.8) is 0 Å². The molecule has 0 aliphatic rings. The number of thioether (sulfide) groups is 1. The molecule has 0 saturated heterocycles. The van der Waals surface area contributed by atoms with Gasteiger partial charge in [0.2, 0.25) is 5.91 Å². The van der Waals surface area contributed by atoms with E-state index in [9.17, 15) is 4.79 Å². The third-order valence-corrected chi connectivity index (χ3v) is 5.71. The number of carbonyl (C=O) groups is 1. The van der Waals surface area contributed by atoms with E-state index in [1.54, 1.807) is 29.7 Å². The summed E-state index contributed by atoms with van der Waals surface area (Å²) in [6.07, 6.45) is 3.11. The predicted octanol–water partition coefficient (Wildman–Crippen LogP) is 4.09. The summed E-state index contributed by atoms with van der Waals surface area (Å²) in [6, 6.07) is 3.44. The maximum Gasteiger partial charge on any atom is 0.234 e. The fraction of sp³-hybridized carbons (Fsp3) is 0.200. The van der Waals surface area contributed by atoms with E-state index in [0.29, 0.717) is 5.69 Å². The fourth-order valence-electron chi connectivity index (χ4n) is 2.06. The largest absolute Gasteiger partial charge is 0.323 e. The zero-order valence-electron chi connectivity index (χ0n) is 12.5. The summed E-state index contributed by atoms with van der Waals surface area (Å²) in [5.41, 5.74) is 1.68. The number of halogens is 1. The SMILES string of the molecule is Cc1sc2ncnc(SCC(=O)Nc3cccnc3Cl)c2c1C. The van der Waals surface area contributed by atoms with Crippen LogP contribution in [0.3, 0.4) is 0 Å². The lowest BCUT2D eigenvalue weighted by atomic mass is 10.2. The lowest BCUT2D eigenvalue weighted by Crippen LogP contribution is -2.14. The van der Waals surface area contributed by atoms with Crippen LogP contribution >= 0.6 is 34.7 Å². The minimum atomic E-state index is -0.152. The molecule has 0 unspecified atom stereocenters. The molecule has 1 N–H and O–H groups in total. The number of carbonyl (C=O) groups excluding carboxylic acids is 1. The number of thiophene rings is 1. The van der Waals surface area contributed by atoms with Gasteiger partial charge in [0, 0.05) is 16.5 Å². The van der Waals surface area contributed by atoms with Crippen LogP contribution in [0.25, 0.3) is 10.2 Å². The lowest BCUT2D eigenvalue weighted by molar-refractivity contribution is -0.113. The number of amides is 1. The van der Waals surface area contributed by atoms with Crippen LogP contribution in [-0.2, 0) is 4.79 Å². The molecule has 0 fully saturated rings. The van der Waals surface area contributed by atoms with E-state index in [4.69, 9.17) is 11.6 Å². The molecular formula is C15H13ClN4OS2. The first-order chi connectivity index (χ1) is 11.1. The highest BCUT2D eigenvalue weighted by Gasteiger charge is 2.14. The zero-order valence-corrected chi connectivity index (χ0v) is 14.8. The van der Waals surface area contributed by atoms with Crippen molar-refractivity contribution in [2.45, 2.75) is 18.9 Å². The summed E-state index contributed by atoms with van der Waals surface area (Å²) in [7, 11) is 0. The Bertz CT molecular complexity index is 881. The van der Waals surface area contributed by atoms with Gasteiger partial charge in [-0.3, -0.25) is 4.79 Å². The highest BCUT2D eigenvalue weighted by atomic mass is 35.5. The standard InChI is InChI=1S/C15H13ClN4OS2/c1-8-9(2)23-15-12(8)14(18-7-19-15)22-6-11(21)20-10-4-3-5-17-13(10)16/h3-5,7H,6H2,1-2H3,(H,20,21). The number of nitrogens with zero attached hydrogens (tertiary/aromatic N) is 3. The molecule has 118 valence electrons. The van der Waals surface area contributed by atoms with Gasteiger partial charge in [-0.1, -0.05) is 23.4 Å². The molecule has 3 heterocycles. The highest BCUT2D eigenvalue weighted by Crippen LogP contribution is 2.34. The Labute approximate surface area is 146 Å². The van der Waals surface area contributed by atoms with Gasteiger partial charge in [-0.2, -0.15) is 0 Å². The molecule has 3 rings (SSSR count). The van der Waals surface area contributed by atoms with Gasteiger partial charge >= 0.3 is 0 Å². The summed E-state index contributed by atoms with van der Waals surface area (Å²) in [6.45, 7) is 4.12. The molecule has 8 heteroatoms. The Morgan fingerprint density at radius 3 is 2.96 bits per heavy atom. The molecule has 3 aromatic heterocycles. The van der Waals surface area contributed by atoms with Crippen LogP contribution in [0.2, 0.25) is 5.15 Å². The van der Waals surface area contributed by atoms with E-state index in [0.717, 1.165) is 15.2 Å². The van der Waals surface area contributed by atoms with E-state index < -0.39 is 0 Å². The molecule has 0 saturated carbocycles. The van der Waals surface area contributed by atoms with E-state index >= 15 is 0 Å². The number of nitrogens with one attached hydrogen (secondary N) is 1. The van der Waals surface area contributed by atoms with Crippen LogP contribution < -0.4 is 5.32 Å². The summed E-state index contributed by atoms with van der Waals surface area (Å²) in [4.78, 5) is 26.8. The van der Waals surface area contributed by atoms with Crippen molar-refractivity contribution in [1.29, 1.82) is 0 Å². The number of fused-ring (bicyclic) bond motifs is 1. The average Bonchev–Trinajstić information content (AvgIpc) is 2.83. The summed E-state index contributed by atoms with van der Waals surface area (Å²) >= 11 is 8.97. The number of aryl methyl sites for hydroxylation is 2. The van der Waals surface area contributed by atoms with Gasteiger partial charge in [0.05, 0.1) is 11.4 Å². The lowest BCUT2D eigenvalue weighted by Gasteiger charge is -2.06. The van der Waals surface area contributed by atoms with Crippen molar-refractivity contribution in [3.8, 4) is 0 Å². The summed E-state index contributed by atoms with van der Waals surface area (Å²) < 4.78 is 0. The molecule has 0 atom stereocenters. The number of anilines is 1. The van der Waals surface area contributed by atoms with Crippen LogP contribution in [0, 0.1) is 13.8 Å². The molecule has 3 aromatic rings.